The largest absolute Gasteiger partial charge is 0.416 e. The molecule has 0 heterocycles. The molecule has 0 aromatic heterocycles. The maximum atomic E-state index is 14.5. The van der Waals surface area contributed by atoms with Gasteiger partial charge in [0.15, 0.2) is 13.9 Å². The zero-order valence-electron chi connectivity index (χ0n) is 24.6. The Balaban J connectivity index is 1.50. The van der Waals surface area contributed by atoms with Gasteiger partial charge in [0.2, 0.25) is 0 Å². The van der Waals surface area contributed by atoms with Crippen molar-refractivity contribution in [2.75, 3.05) is 0 Å². The van der Waals surface area contributed by atoms with E-state index < -0.39 is 20.1 Å². The van der Waals surface area contributed by atoms with Gasteiger partial charge in [-0.1, -0.05) is 53.9 Å². The van der Waals surface area contributed by atoms with Crippen LogP contribution in [0.15, 0.2) is 0 Å². The molecule has 1 unspecified atom stereocenters. The van der Waals surface area contributed by atoms with E-state index in [-0.39, 0.29) is 24.2 Å². The Labute approximate surface area is 221 Å². The normalized spacial score (nSPS) is 44.2. The summed E-state index contributed by atoms with van der Waals surface area (Å²) in [5, 5.41) is 0. The minimum atomic E-state index is -4.28. The zero-order valence-corrected chi connectivity index (χ0v) is 25.6. The van der Waals surface area contributed by atoms with E-state index in [1.165, 1.54) is 44.9 Å². The van der Waals surface area contributed by atoms with Gasteiger partial charge < -0.3 is 4.43 Å². The summed E-state index contributed by atoms with van der Waals surface area (Å²) in [5.74, 6) is 4.65. The highest BCUT2D eigenvalue weighted by atomic mass is 28.4. The molecule has 4 rings (SSSR count). The number of fused-ring (bicyclic) bond motifs is 5. The van der Waals surface area contributed by atoms with Gasteiger partial charge in [-0.15, -0.1) is 0 Å². The molecule has 210 valence electrons. The topological polar surface area (TPSA) is 9.23 Å². The molecular weight excluding hydrogens is 473 g/mol. The summed E-state index contributed by atoms with van der Waals surface area (Å²) >= 11 is 0. The molecule has 4 saturated carbocycles. The van der Waals surface area contributed by atoms with E-state index in [1.54, 1.807) is 0 Å². The molecule has 0 radical (unpaired) electrons. The molecule has 0 N–H and O–H groups in total. The smallest absolute Gasteiger partial charge is 0.404 e. The van der Waals surface area contributed by atoms with Crippen molar-refractivity contribution in [3.63, 3.8) is 0 Å². The Morgan fingerprint density at radius 3 is 2.11 bits per heavy atom. The van der Waals surface area contributed by atoms with Crippen LogP contribution in [0.2, 0.25) is 19.6 Å². The van der Waals surface area contributed by atoms with Gasteiger partial charge in [-0.3, -0.25) is 0 Å². The van der Waals surface area contributed by atoms with Crippen LogP contribution in [0.25, 0.3) is 0 Å². The molecule has 5 heteroatoms. The summed E-state index contributed by atoms with van der Waals surface area (Å²) in [6.07, 6.45) is 8.14. The highest BCUT2D eigenvalue weighted by Gasteiger charge is 2.66. The lowest BCUT2D eigenvalue weighted by Crippen LogP contribution is -2.61. The third-order valence-electron chi connectivity index (χ3n) is 11.9. The van der Waals surface area contributed by atoms with Gasteiger partial charge in [0.1, 0.15) is 0 Å². The summed E-state index contributed by atoms with van der Waals surface area (Å²) in [4.78, 5) is 0. The third-order valence-corrected chi connectivity index (χ3v) is 12.9. The summed E-state index contributed by atoms with van der Waals surface area (Å²) in [6.45, 7) is 17.9. The van der Waals surface area contributed by atoms with E-state index in [1.807, 2.05) is 19.6 Å². The third kappa shape index (κ3) is 5.11. The van der Waals surface area contributed by atoms with Crippen molar-refractivity contribution in [2.45, 2.75) is 143 Å². The Morgan fingerprint density at radius 1 is 0.833 bits per heavy atom. The number of halogens is 3. The molecule has 0 aromatic carbocycles. The van der Waals surface area contributed by atoms with Gasteiger partial charge in [-0.2, -0.15) is 13.2 Å². The highest BCUT2D eigenvalue weighted by molar-refractivity contribution is 6.69. The quantitative estimate of drug-likeness (QED) is 0.299. The van der Waals surface area contributed by atoms with Crippen molar-refractivity contribution in [1.82, 2.24) is 0 Å². The Morgan fingerprint density at radius 2 is 1.50 bits per heavy atom. The molecule has 1 nitrogen and oxygen atoms in total. The van der Waals surface area contributed by atoms with Crippen LogP contribution in [0.4, 0.5) is 13.2 Å². The fourth-order valence-corrected chi connectivity index (χ4v) is 11.7. The monoisotopic (exact) mass is 528 g/mol. The average Bonchev–Trinajstić information content (AvgIpc) is 3.09. The molecule has 4 aliphatic carbocycles. The first-order chi connectivity index (χ1) is 16.5. The second-order valence-corrected chi connectivity index (χ2v) is 20.0. The molecule has 0 aliphatic heterocycles. The molecule has 0 bridgehead atoms. The van der Waals surface area contributed by atoms with E-state index in [4.69, 9.17) is 4.43 Å². The fraction of sp³-hybridized carbons (Fsp3) is 1.00. The van der Waals surface area contributed by atoms with Crippen LogP contribution in [0.3, 0.4) is 0 Å². The van der Waals surface area contributed by atoms with Crippen LogP contribution >= 0.6 is 0 Å². The first-order valence-corrected chi connectivity index (χ1v) is 18.7. The lowest BCUT2D eigenvalue weighted by molar-refractivity contribution is -0.282. The second kappa shape index (κ2) is 9.86. The van der Waals surface area contributed by atoms with Crippen LogP contribution in [0, 0.1) is 52.3 Å². The summed E-state index contributed by atoms with van der Waals surface area (Å²) in [6, 6.07) is 0. The van der Waals surface area contributed by atoms with Gasteiger partial charge in [-0.05, 0) is 130 Å². The van der Waals surface area contributed by atoms with Crippen molar-refractivity contribution >= 4 is 8.32 Å². The van der Waals surface area contributed by atoms with E-state index >= 15 is 0 Å². The van der Waals surface area contributed by atoms with E-state index in [0.717, 1.165) is 36.5 Å². The number of alkyl halides is 3. The summed E-state index contributed by atoms with van der Waals surface area (Å²) < 4.78 is 49.6. The second-order valence-electron chi connectivity index (χ2n) is 15.6. The predicted octanol–water partition coefficient (Wildman–Crippen LogP) is 10.3. The zero-order chi connectivity index (χ0) is 26.7. The molecule has 0 amide bonds. The van der Waals surface area contributed by atoms with E-state index in [9.17, 15) is 13.2 Å². The summed E-state index contributed by atoms with van der Waals surface area (Å²) in [7, 11) is -2.32. The lowest BCUT2D eigenvalue weighted by atomic mass is 9.43. The van der Waals surface area contributed by atoms with E-state index in [2.05, 4.69) is 34.6 Å². The molecule has 0 spiro atoms. The first kappa shape index (κ1) is 29.0. The van der Waals surface area contributed by atoms with Gasteiger partial charge >= 0.3 is 6.18 Å². The van der Waals surface area contributed by atoms with Crippen LogP contribution in [0.5, 0.6) is 0 Å². The molecule has 0 aromatic rings. The average molecular weight is 529 g/mol. The van der Waals surface area contributed by atoms with Gasteiger partial charge in [-0.25, -0.2) is 0 Å². The number of rotatable bonds is 7. The van der Waals surface area contributed by atoms with Crippen LogP contribution in [-0.4, -0.2) is 20.1 Å². The molecule has 4 aliphatic rings. The van der Waals surface area contributed by atoms with Gasteiger partial charge in [0.25, 0.3) is 0 Å². The van der Waals surface area contributed by atoms with E-state index in [0.29, 0.717) is 23.7 Å². The Hall–Kier alpha value is -0.0331. The SMILES string of the molecule is CC(C)CCC[C@@H](C)[C@H]1CC[C@H]2[C@@H]3CCC4C[C@](O[Si](C)(C)C)(C(F)(F)F)CC[C@]4(C)[C@H]3CC[C@]12C. The van der Waals surface area contributed by atoms with Crippen molar-refractivity contribution in [2.24, 2.45) is 52.3 Å². The number of hydrogen-bond donors (Lipinski definition) is 0. The van der Waals surface area contributed by atoms with Crippen LogP contribution < -0.4 is 0 Å². The van der Waals surface area contributed by atoms with Gasteiger partial charge in [0, 0.05) is 0 Å². The predicted molar refractivity (Wildman–Crippen MR) is 146 cm³/mol. The maximum absolute atomic E-state index is 14.5. The first-order valence-electron chi connectivity index (χ1n) is 15.3. The van der Waals surface area contributed by atoms with Crippen molar-refractivity contribution in [3.05, 3.63) is 0 Å². The van der Waals surface area contributed by atoms with Crippen molar-refractivity contribution in [1.29, 1.82) is 0 Å². The van der Waals surface area contributed by atoms with Crippen LogP contribution in [-0.2, 0) is 4.43 Å². The highest BCUT2D eigenvalue weighted by Crippen LogP contribution is 2.70. The van der Waals surface area contributed by atoms with Crippen molar-refractivity contribution < 1.29 is 17.6 Å². The standard InChI is InChI=1S/C31H55F3OSi/c1-21(2)10-9-11-22(3)25-14-15-26-24-13-12-23-20-30(31(32,33)34,35-36(6,7)8)19-18-28(23,4)27(24)16-17-29(25,26)5/h21-27H,9-20H2,1-8H3/t22-,23?,24+,25-,26+,27+,28+,29-,30+/m1/s1. The minimum absolute atomic E-state index is 0.0444. The van der Waals surface area contributed by atoms with Gasteiger partial charge in [0.05, 0.1) is 0 Å². The minimum Gasteiger partial charge on any atom is -0.404 e. The Bertz CT molecular complexity index is 775. The molecular formula is C31H55F3OSi. The Kier molecular flexibility index (Phi) is 7.93. The molecule has 0 saturated heterocycles. The molecule has 4 fully saturated rings. The maximum Gasteiger partial charge on any atom is 0.416 e. The molecule has 36 heavy (non-hydrogen) atoms. The van der Waals surface area contributed by atoms with Crippen molar-refractivity contribution in [3.8, 4) is 0 Å². The number of hydrogen-bond acceptors (Lipinski definition) is 1. The molecule has 9 atom stereocenters. The fourth-order valence-electron chi connectivity index (χ4n) is 10.2. The lowest BCUT2D eigenvalue weighted by Gasteiger charge is -2.63. The summed E-state index contributed by atoms with van der Waals surface area (Å²) in [5.41, 5.74) is -1.43. The van der Waals surface area contributed by atoms with Crippen LogP contribution in [0.1, 0.15) is 112 Å².